The molecule has 2 amide bonds. The summed E-state index contributed by atoms with van der Waals surface area (Å²) in [7, 11) is 1.62. The van der Waals surface area contributed by atoms with Gasteiger partial charge in [-0.05, 0) is 34.8 Å². The molecule has 1 aromatic heterocycles. The van der Waals surface area contributed by atoms with Gasteiger partial charge in [-0.2, -0.15) is 0 Å². The molecule has 2 rings (SSSR count). The Hall–Kier alpha value is -2.18. The molecule has 0 aliphatic rings. The molecule has 0 saturated heterocycles. The van der Waals surface area contributed by atoms with E-state index in [9.17, 15) is 9.59 Å². The topological polar surface area (TPSA) is 49.9 Å². The van der Waals surface area contributed by atoms with E-state index in [1.54, 1.807) is 23.3 Å². The molecular formula is C26H38N2O3S. The highest BCUT2D eigenvalue weighted by Gasteiger charge is 2.24. The number of hydrogen-bond donors (Lipinski definition) is 0. The molecule has 5 nitrogen and oxygen atoms in total. The zero-order valence-corrected chi connectivity index (χ0v) is 21.0. The molecule has 2 aromatic rings. The standard InChI is InChI=1S/C26H38N2O3S/c1-21(17-26(2,3)4)16-24(29)27(13-14-31-5)20-25(30)28(19-23-12-9-15-32-23)18-22-10-7-6-8-11-22/h6-12,15,21H,13-14,16-20H2,1-5H3. The summed E-state index contributed by atoms with van der Waals surface area (Å²) in [6.07, 6.45) is 1.40. The Labute approximate surface area is 197 Å². The van der Waals surface area contributed by atoms with Crippen LogP contribution in [0.25, 0.3) is 0 Å². The molecule has 1 atom stereocenters. The lowest BCUT2D eigenvalue weighted by Gasteiger charge is -2.29. The van der Waals surface area contributed by atoms with Gasteiger partial charge in [0.25, 0.3) is 0 Å². The van der Waals surface area contributed by atoms with E-state index in [0.717, 1.165) is 16.9 Å². The van der Waals surface area contributed by atoms with Crippen LogP contribution >= 0.6 is 11.3 Å². The van der Waals surface area contributed by atoms with E-state index in [4.69, 9.17) is 4.74 Å². The van der Waals surface area contributed by atoms with Gasteiger partial charge in [0.15, 0.2) is 0 Å². The first kappa shape index (κ1) is 26.1. The molecule has 1 unspecified atom stereocenters. The normalized spacial score (nSPS) is 12.4. The summed E-state index contributed by atoms with van der Waals surface area (Å²) in [5, 5.41) is 2.02. The summed E-state index contributed by atoms with van der Waals surface area (Å²) >= 11 is 1.64. The smallest absolute Gasteiger partial charge is 0.242 e. The van der Waals surface area contributed by atoms with Crippen LogP contribution in [0.5, 0.6) is 0 Å². The maximum atomic E-state index is 13.4. The van der Waals surface area contributed by atoms with Crippen LogP contribution in [0.1, 0.15) is 51.0 Å². The Morgan fingerprint density at radius 3 is 2.31 bits per heavy atom. The number of nitrogens with zero attached hydrogens (tertiary/aromatic N) is 2. The second-order valence-electron chi connectivity index (χ2n) is 9.70. The third-order valence-corrected chi connectivity index (χ3v) is 6.08. The van der Waals surface area contributed by atoms with Crippen molar-refractivity contribution in [2.45, 2.75) is 53.6 Å². The summed E-state index contributed by atoms with van der Waals surface area (Å²) in [5.74, 6) is 0.229. The lowest BCUT2D eigenvalue weighted by molar-refractivity contribution is -0.142. The number of benzene rings is 1. The van der Waals surface area contributed by atoms with E-state index in [0.29, 0.717) is 32.7 Å². The number of carbonyl (C=O) groups excluding carboxylic acids is 2. The minimum absolute atomic E-state index is 0.0166. The van der Waals surface area contributed by atoms with E-state index >= 15 is 0 Å². The van der Waals surface area contributed by atoms with Crippen molar-refractivity contribution in [1.82, 2.24) is 9.80 Å². The molecule has 0 fully saturated rings. The average molecular weight is 459 g/mol. The number of hydrogen-bond acceptors (Lipinski definition) is 4. The minimum Gasteiger partial charge on any atom is -0.383 e. The van der Waals surface area contributed by atoms with Crippen LogP contribution < -0.4 is 0 Å². The molecule has 0 spiro atoms. The highest BCUT2D eigenvalue weighted by molar-refractivity contribution is 7.09. The summed E-state index contributed by atoms with van der Waals surface area (Å²) < 4.78 is 5.21. The average Bonchev–Trinajstić information content (AvgIpc) is 3.22. The van der Waals surface area contributed by atoms with Crippen molar-refractivity contribution in [3.63, 3.8) is 0 Å². The van der Waals surface area contributed by atoms with Crippen molar-refractivity contribution in [2.24, 2.45) is 11.3 Å². The monoisotopic (exact) mass is 458 g/mol. The summed E-state index contributed by atoms with van der Waals surface area (Å²) in [6.45, 7) is 10.6. The lowest BCUT2D eigenvalue weighted by Crippen LogP contribution is -2.44. The van der Waals surface area contributed by atoms with E-state index in [1.807, 2.05) is 52.7 Å². The molecule has 176 valence electrons. The van der Waals surface area contributed by atoms with Gasteiger partial charge in [-0.25, -0.2) is 0 Å². The molecule has 0 saturated carbocycles. The highest BCUT2D eigenvalue weighted by atomic mass is 32.1. The minimum atomic E-state index is -0.0461. The van der Waals surface area contributed by atoms with Gasteiger partial charge in [-0.1, -0.05) is 64.1 Å². The molecule has 6 heteroatoms. The third-order valence-electron chi connectivity index (χ3n) is 5.22. The number of thiophene rings is 1. The van der Waals surface area contributed by atoms with Crippen molar-refractivity contribution >= 4 is 23.2 Å². The number of carbonyl (C=O) groups is 2. The van der Waals surface area contributed by atoms with Gasteiger partial charge >= 0.3 is 0 Å². The quantitative estimate of drug-likeness (QED) is 0.438. The van der Waals surface area contributed by atoms with Gasteiger partial charge < -0.3 is 14.5 Å². The van der Waals surface area contributed by atoms with Crippen LogP contribution in [-0.4, -0.2) is 48.4 Å². The molecule has 0 bridgehead atoms. The van der Waals surface area contributed by atoms with Gasteiger partial charge in [-0.3, -0.25) is 9.59 Å². The Kier molecular flexibility index (Phi) is 10.4. The molecule has 0 aliphatic carbocycles. The van der Waals surface area contributed by atoms with Gasteiger partial charge in [-0.15, -0.1) is 11.3 Å². The van der Waals surface area contributed by atoms with Crippen molar-refractivity contribution in [1.29, 1.82) is 0 Å². The second kappa shape index (κ2) is 12.8. The Morgan fingerprint density at radius 1 is 1.00 bits per heavy atom. The number of rotatable bonds is 12. The Morgan fingerprint density at radius 2 is 1.72 bits per heavy atom. The number of amides is 2. The predicted octanol–water partition coefficient (Wildman–Crippen LogP) is 5.21. The highest BCUT2D eigenvalue weighted by Crippen LogP contribution is 2.26. The predicted molar refractivity (Wildman–Crippen MR) is 131 cm³/mol. The fraction of sp³-hybridized carbons (Fsp3) is 0.538. The van der Waals surface area contributed by atoms with E-state index in [-0.39, 0.29) is 29.7 Å². The Balaban J connectivity index is 2.10. The van der Waals surface area contributed by atoms with E-state index < -0.39 is 0 Å². The van der Waals surface area contributed by atoms with Crippen LogP contribution in [0.3, 0.4) is 0 Å². The number of methoxy groups -OCH3 is 1. The Bertz CT molecular complexity index is 815. The maximum Gasteiger partial charge on any atom is 0.242 e. The summed E-state index contributed by atoms with van der Waals surface area (Å²) in [4.78, 5) is 31.1. The zero-order chi connectivity index (χ0) is 23.6. The molecular weight excluding hydrogens is 420 g/mol. The van der Waals surface area contributed by atoms with E-state index in [2.05, 4.69) is 27.7 Å². The van der Waals surface area contributed by atoms with Crippen molar-refractivity contribution in [2.75, 3.05) is 26.8 Å². The number of ether oxygens (including phenoxy) is 1. The van der Waals surface area contributed by atoms with Gasteiger partial charge in [0.05, 0.1) is 19.7 Å². The molecule has 0 radical (unpaired) electrons. The van der Waals surface area contributed by atoms with Gasteiger partial charge in [0.2, 0.25) is 11.8 Å². The zero-order valence-electron chi connectivity index (χ0n) is 20.2. The molecule has 32 heavy (non-hydrogen) atoms. The first-order valence-corrected chi connectivity index (χ1v) is 12.2. The SMILES string of the molecule is COCCN(CC(=O)N(Cc1ccccc1)Cc1cccs1)C(=O)CC(C)CC(C)(C)C. The molecule has 0 N–H and O–H groups in total. The molecule has 0 aliphatic heterocycles. The largest absolute Gasteiger partial charge is 0.383 e. The summed E-state index contributed by atoms with van der Waals surface area (Å²) in [6, 6.07) is 14.0. The van der Waals surface area contributed by atoms with Crippen LogP contribution in [-0.2, 0) is 27.4 Å². The second-order valence-corrected chi connectivity index (χ2v) is 10.7. The summed E-state index contributed by atoms with van der Waals surface area (Å²) in [5.41, 5.74) is 1.24. The molecule has 1 heterocycles. The first-order valence-electron chi connectivity index (χ1n) is 11.3. The van der Waals surface area contributed by atoms with Gasteiger partial charge in [0.1, 0.15) is 0 Å². The van der Waals surface area contributed by atoms with Crippen LogP contribution in [0.15, 0.2) is 47.8 Å². The van der Waals surface area contributed by atoms with Crippen molar-refractivity contribution in [3.8, 4) is 0 Å². The van der Waals surface area contributed by atoms with Crippen molar-refractivity contribution in [3.05, 3.63) is 58.3 Å². The maximum absolute atomic E-state index is 13.4. The fourth-order valence-electron chi connectivity index (χ4n) is 3.93. The van der Waals surface area contributed by atoms with Crippen LogP contribution in [0.2, 0.25) is 0 Å². The third kappa shape index (κ3) is 9.53. The first-order chi connectivity index (χ1) is 15.2. The lowest BCUT2D eigenvalue weighted by atomic mass is 9.84. The molecule has 1 aromatic carbocycles. The van der Waals surface area contributed by atoms with Crippen LogP contribution in [0, 0.1) is 11.3 Å². The van der Waals surface area contributed by atoms with Crippen molar-refractivity contribution < 1.29 is 14.3 Å². The van der Waals surface area contributed by atoms with E-state index in [1.165, 1.54) is 0 Å². The van der Waals surface area contributed by atoms with Gasteiger partial charge in [0, 0.05) is 31.5 Å². The van der Waals surface area contributed by atoms with Crippen LogP contribution in [0.4, 0.5) is 0 Å². The fourth-order valence-corrected chi connectivity index (χ4v) is 4.65.